The van der Waals surface area contributed by atoms with E-state index in [2.05, 4.69) is 4.98 Å². The smallest absolute Gasteiger partial charge is 0.331 e. The zero-order chi connectivity index (χ0) is 29.7. The van der Waals surface area contributed by atoms with Crippen LogP contribution >= 0.6 is 22.9 Å². The van der Waals surface area contributed by atoms with Crippen LogP contribution in [0, 0.1) is 5.82 Å². The van der Waals surface area contributed by atoms with Gasteiger partial charge in [-0.1, -0.05) is 24.5 Å². The summed E-state index contributed by atoms with van der Waals surface area (Å²) < 4.78 is 30.3. The summed E-state index contributed by atoms with van der Waals surface area (Å²) in [6.45, 7) is 8.68. The maximum absolute atomic E-state index is 14.2. The number of morpholine rings is 1. The highest BCUT2D eigenvalue weighted by molar-refractivity contribution is 7.11. The molecular weight excluding hydrogens is 570 g/mol. The Labute approximate surface area is 248 Å². The highest BCUT2D eigenvalue weighted by atomic mass is 35.5. The molecular formula is C28H33BClFN4O5S. The van der Waals surface area contributed by atoms with Crippen LogP contribution in [-0.4, -0.2) is 84.9 Å². The van der Waals surface area contributed by atoms with Gasteiger partial charge in [-0.15, -0.1) is 11.3 Å². The Hall–Kier alpha value is -3.06. The van der Waals surface area contributed by atoms with Gasteiger partial charge in [-0.2, -0.15) is 0 Å². The molecule has 2 atom stereocenters. The molecule has 0 amide bonds. The number of rotatable bonds is 8. The van der Waals surface area contributed by atoms with Gasteiger partial charge in [0.1, 0.15) is 17.5 Å². The molecule has 0 aliphatic carbocycles. The van der Waals surface area contributed by atoms with Crippen molar-refractivity contribution in [3.63, 3.8) is 0 Å². The van der Waals surface area contributed by atoms with Crippen LogP contribution in [0.25, 0.3) is 0 Å². The minimum atomic E-state index is -0.683. The molecule has 1 aromatic carbocycles. The average molecular weight is 603 g/mol. The van der Waals surface area contributed by atoms with Crippen LogP contribution in [0.5, 0.6) is 0 Å². The van der Waals surface area contributed by atoms with Crippen molar-refractivity contribution >= 4 is 48.1 Å². The summed E-state index contributed by atoms with van der Waals surface area (Å²) in [6.07, 6.45) is 4.73. The SMILES string of the molecule is CBN1C(c2nccs2)=NC(CN2CCOC[C@H]2C(=O)OC)=C(/C=C/C(=O)OC(C)(C)C)C1c1ccc(F)cc1Cl. The lowest BCUT2D eigenvalue weighted by atomic mass is 9.83. The fraction of sp³-hybridized carbons (Fsp3) is 0.429. The van der Waals surface area contributed by atoms with Crippen LogP contribution in [0.3, 0.4) is 0 Å². The van der Waals surface area contributed by atoms with Gasteiger partial charge in [0, 0.05) is 41.3 Å². The number of aromatic nitrogens is 1. The Morgan fingerprint density at radius 1 is 1.34 bits per heavy atom. The van der Waals surface area contributed by atoms with E-state index in [1.807, 2.05) is 21.9 Å². The summed E-state index contributed by atoms with van der Waals surface area (Å²) in [5.41, 5.74) is 1.20. The highest BCUT2D eigenvalue weighted by Crippen LogP contribution is 2.40. The second-order valence-electron chi connectivity index (χ2n) is 10.5. The van der Waals surface area contributed by atoms with Crippen molar-refractivity contribution in [3.8, 4) is 0 Å². The first-order valence-electron chi connectivity index (χ1n) is 13.3. The maximum atomic E-state index is 14.2. The lowest BCUT2D eigenvalue weighted by molar-refractivity contribution is -0.153. The van der Waals surface area contributed by atoms with Gasteiger partial charge in [0.25, 0.3) is 0 Å². The number of hydrogen-bond donors (Lipinski definition) is 0. The van der Waals surface area contributed by atoms with E-state index < -0.39 is 35.4 Å². The lowest BCUT2D eigenvalue weighted by Crippen LogP contribution is -2.51. The summed E-state index contributed by atoms with van der Waals surface area (Å²) in [7, 11) is 1.85. The van der Waals surface area contributed by atoms with E-state index in [1.54, 1.807) is 39.1 Å². The minimum Gasteiger partial charge on any atom is -0.468 e. The largest absolute Gasteiger partial charge is 0.468 e. The molecule has 0 spiro atoms. The van der Waals surface area contributed by atoms with E-state index in [1.165, 1.54) is 36.7 Å². The number of methoxy groups -OCH3 is 1. The first-order valence-corrected chi connectivity index (χ1v) is 14.5. The van der Waals surface area contributed by atoms with Crippen LogP contribution in [0.1, 0.15) is 37.4 Å². The Morgan fingerprint density at radius 3 is 2.76 bits per heavy atom. The van der Waals surface area contributed by atoms with E-state index in [9.17, 15) is 14.0 Å². The first-order chi connectivity index (χ1) is 19.5. The fourth-order valence-electron chi connectivity index (χ4n) is 4.78. The molecule has 2 aliphatic rings. The third kappa shape index (κ3) is 7.43. The standard InChI is InChI=1S/C28H33BClFN4O5S/c1-28(2,3)40-23(36)9-8-19-21(15-34-11-12-39-16-22(34)27(37)38-5)33-25(26-32-10-13-41-26)35(29-4)24(19)18-7-6-17(31)14-20(18)30/h6-10,13-14,22,24,29H,11-12,15-16H2,1-5H3/b9-8+/t22-,24?/m0/s1. The molecule has 13 heteroatoms. The van der Waals surface area contributed by atoms with Crippen molar-refractivity contribution < 1.29 is 28.2 Å². The Morgan fingerprint density at radius 2 is 2.12 bits per heavy atom. The quantitative estimate of drug-likeness (QED) is 0.253. The molecule has 1 saturated heterocycles. The predicted octanol–water partition coefficient (Wildman–Crippen LogP) is 4.16. The number of ether oxygens (including phenoxy) is 3. The normalized spacial score (nSPS) is 20.3. The van der Waals surface area contributed by atoms with Gasteiger partial charge < -0.3 is 19.0 Å². The number of carbonyl (C=O) groups excluding carboxylic acids is 2. The van der Waals surface area contributed by atoms with Crippen LogP contribution < -0.4 is 0 Å². The van der Waals surface area contributed by atoms with Gasteiger partial charge in [0.15, 0.2) is 10.8 Å². The zero-order valence-electron chi connectivity index (χ0n) is 23.7. The van der Waals surface area contributed by atoms with Gasteiger partial charge in [-0.05, 0) is 44.5 Å². The van der Waals surface area contributed by atoms with Gasteiger partial charge >= 0.3 is 11.9 Å². The van der Waals surface area contributed by atoms with Crippen molar-refractivity contribution in [1.29, 1.82) is 0 Å². The Bertz CT molecular complexity index is 1360. The lowest BCUT2D eigenvalue weighted by Gasteiger charge is -2.40. The predicted molar refractivity (Wildman–Crippen MR) is 158 cm³/mol. The number of halogens is 2. The molecule has 1 unspecified atom stereocenters. The molecule has 4 rings (SSSR count). The topological polar surface area (TPSA) is 93.6 Å². The number of thiazole rings is 1. The number of nitrogens with zero attached hydrogens (tertiary/aromatic N) is 4. The minimum absolute atomic E-state index is 0.181. The van der Waals surface area contributed by atoms with Crippen LogP contribution in [0.2, 0.25) is 11.8 Å². The maximum Gasteiger partial charge on any atom is 0.331 e. The monoisotopic (exact) mass is 602 g/mol. The molecule has 41 heavy (non-hydrogen) atoms. The summed E-state index contributed by atoms with van der Waals surface area (Å²) in [6, 6.07) is 3.09. The molecule has 2 aromatic rings. The van der Waals surface area contributed by atoms with Crippen molar-refractivity contribution in [3.05, 3.63) is 74.6 Å². The van der Waals surface area contributed by atoms with Crippen molar-refractivity contribution in [2.45, 2.75) is 45.3 Å². The molecule has 1 aromatic heterocycles. The number of amidine groups is 1. The third-order valence-corrected chi connectivity index (χ3v) is 7.64. The van der Waals surface area contributed by atoms with Crippen LogP contribution in [0.15, 0.2) is 58.2 Å². The highest BCUT2D eigenvalue weighted by Gasteiger charge is 2.37. The van der Waals surface area contributed by atoms with E-state index in [-0.39, 0.29) is 18.2 Å². The second kappa shape index (κ2) is 13.3. The summed E-state index contributed by atoms with van der Waals surface area (Å²) >= 11 is 8.09. The first kappa shape index (κ1) is 30.9. The summed E-state index contributed by atoms with van der Waals surface area (Å²) in [5.74, 6) is -0.787. The number of carbonyl (C=O) groups is 2. The van der Waals surface area contributed by atoms with Crippen LogP contribution in [0.4, 0.5) is 4.39 Å². The number of aliphatic imine (C=N–C) groups is 1. The number of benzene rings is 1. The zero-order valence-corrected chi connectivity index (χ0v) is 25.3. The Balaban J connectivity index is 1.91. The third-order valence-electron chi connectivity index (χ3n) is 6.54. The molecule has 1 fully saturated rings. The second-order valence-corrected chi connectivity index (χ2v) is 11.8. The van der Waals surface area contributed by atoms with Gasteiger partial charge in [0.05, 0.1) is 32.1 Å². The Kier molecular flexibility index (Phi) is 10.0. The van der Waals surface area contributed by atoms with Crippen LogP contribution in [-0.2, 0) is 23.8 Å². The molecule has 0 bridgehead atoms. The van der Waals surface area contributed by atoms with E-state index in [0.717, 1.165) is 0 Å². The van der Waals surface area contributed by atoms with Crippen molar-refractivity contribution in [1.82, 2.24) is 14.7 Å². The molecule has 0 radical (unpaired) electrons. The van der Waals surface area contributed by atoms with E-state index >= 15 is 0 Å². The molecule has 218 valence electrons. The number of hydrogen-bond acceptors (Lipinski definition) is 10. The van der Waals surface area contributed by atoms with E-state index in [4.69, 9.17) is 30.8 Å². The van der Waals surface area contributed by atoms with Gasteiger partial charge in [-0.3, -0.25) is 9.69 Å². The summed E-state index contributed by atoms with van der Waals surface area (Å²) in [5, 5.41) is 2.78. The molecule has 0 saturated carbocycles. The summed E-state index contributed by atoms with van der Waals surface area (Å²) in [4.78, 5) is 38.9. The van der Waals surface area contributed by atoms with Gasteiger partial charge in [0.2, 0.25) is 7.41 Å². The van der Waals surface area contributed by atoms with Crippen molar-refractivity contribution in [2.24, 2.45) is 4.99 Å². The van der Waals surface area contributed by atoms with E-state index in [0.29, 0.717) is 48.2 Å². The number of esters is 2. The molecule has 3 heterocycles. The van der Waals surface area contributed by atoms with Gasteiger partial charge in [-0.25, -0.2) is 19.2 Å². The fourth-order valence-corrected chi connectivity index (χ4v) is 5.69. The molecule has 0 N–H and O–H groups in total. The molecule has 9 nitrogen and oxygen atoms in total. The average Bonchev–Trinajstić information content (AvgIpc) is 3.46. The van der Waals surface area contributed by atoms with Crippen molar-refractivity contribution in [2.75, 3.05) is 33.4 Å². The molecule has 2 aliphatic heterocycles.